The van der Waals surface area contributed by atoms with Crippen molar-refractivity contribution in [3.63, 3.8) is 0 Å². The average molecular weight is 234 g/mol. The summed E-state index contributed by atoms with van der Waals surface area (Å²) in [6, 6.07) is 1.33. The molecule has 0 spiro atoms. The monoisotopic (exact) mass is 234 g/mol. The molecule has 2 atom stereocenters. The quantitative estimate of drug-likeness (QED) is 0.810. The number of likely N-dealkylation sites (tertiary alicyclic amines) is 1. The van der Waals surface area contributed by atoms with E-state index in [2.05, 4.69) is 27.1 Å². The molecule has 17 heavy (non-hydrogen) atoms. The Morgan fingerprint density at radius 1 is 1.47 bits per heavy atom. The van der Waals surface area contributed by atoms with Crippen LogP contribution in [0.15, 0.2) is 6.33 Å². The summed E-state index contributed by atoms with van der Waals surface area (Å²) in [5, 5.41) is 3.62. The zero-order chi connectivity index (χ0) is 11.7. The molecule has 4 heteroatoms. The first-order valence-corrected chi connectivity index (χ1v) is 6.81. The standard InChI is InChI=1S/C13H22N4/c1-10-4-2-3-5-17(10)8-11-6-12-13(7-14-11)16-9-15-12/h9-11,14H,2-8H2,1H3,(H,15,16). The first-order valence-electron chi connectivity index (χ1n) is 6.81. The van der Waals surface area contributed by atoms with Gasteiger partial charge >= 0.3 is 0 Å². The van der Waals surface area contributed by atoms with Crippen molar-refractivity contribution in [1.29, 1.82) is 0 Å². The lowest BCUT2D eigenvalue weighted by Crippen LogP contribution is -2.48. The SMILES string of the molecule is CC1CCCCN1CC1Cc2nc[nH]c2CN1. The fourth-order valence-electron chi connectivity index (χ4n) is 3.07. The number of aromatic amines is 1. The molecule has 1 saturated heterocycles. The maximum Gasteiger partial charge on any atom is 0.0925 e. The Kier molecular flexibility index (Phi) is 3.16. The van der Waals surface area contributed by atoms with Crippen molar-refractivity contribution in [2.45, 2.75) is 51.2 Å². The zero-order valence-corrected chi connectivity index (χ0v) is 10.6. The van der Waals surface area contributed by atoms with Crippen molar-refractivity contribution in [3.8, 4) is 0 Å². The van der Waals surface area contributed by atoms with Crippen LogP contribution in [0, 0.1) is 0 Å². The zero-order valence-electron chi connectivity index (χ0n) is 10.6. The van der Waals surface area contributed by atoms with E-state index in [0.717, 1.165) is 19.0 Å². The van der Waals surface area contributed by atoms with Crippen molar-refractivity contribution >= 4 is 0 Å². The maximum atomic E-state index is 4.41. The molecule has 94 valence electrons. The van der Waals surface area contributed by atoms with Gasteiger partial charge in [0.1, 0.15) is 0 Å². The molecule has 3 rings (SSSR count). The largest absolute Gasteiger partial charge is 0.347 e. The average Bonchev–Trinajstić information content (AvgIpc) is 2.79. The molecular weight excluding hydrogens is 212 g/mol. The number of rotatable bonds is 2. The number of hydrogen-bond acceptors (Lipinski definition) is 3. The van der Waals surface area contributed by atoms with E-state index in [-0.39, 0.29) is 0 Å². The number of H-pyrrole nitrogens is 1. The summed E-state index contributed by atoms with van der Waals surface area (Å²) in [6.07, 6.45) is 7.02. The van der Waals surface area contributed by atoms with Crippen molar-refractivity contribution in [1.82, 2.24) is 20.2 Å². The number of piperidine rings is 1. The second kappa shape index (κ2) is 4.78. The molecule has 3 heterocycles. The van der Waals surface area contributed by atoms with Gasteiger partial charge in [0.2, 0.25) is 0 Å². The smallest absolute Gasteiger partial charge is 0.0925 e. The third-order valence-electron chi connectivity index (χ3n) is 4.21. The van der Waals surface area contributed by atoms with Gasteiger partial charge in [-0.15, -0.1) is 0 Å². The molecule has 2 aliphatic rings. The minimum Gasteiger partial charge on any atom is -0.347 e. The van der Waals surface area contributed by atoms with Crippen LogP contribution in [0.25, 0.3) is 0 Å². The second-order valence-electron chi connectivity index (χ2n) is 5.45. The van der Waals surface area contributed by atoms with Crippen LogP contribution in [0.4, 0.5) is 0 Å². The van der Waals surface area contributed by atoms with Gasteiger partial charge in [0.25, 0.3) is 0 Å². The molecule has 0 bridgehead atoms. The van der Waals surface area contributed by atoms with Gasteiger partial charge in [-0.25, -0.2) is 4.98 Å². The summed E-state index contributed by atoms with van der Waals surface area (Å²) in [6.45, 7) is 5.75. The van der Waals surface area contributed by atoms with Crippen LogP contribution in [0.5, 0.6) is 0 Å². The minimum absolute atomic E-state index is 0.575. The molecule has 1 fully saturated rings. The molecule has 1 aromatic heterocycles. The topological polar surface area (TPSA) is 44.0 Å². The summed E-state index contributed by atoms with van der Waals surface area (Å²) in [4.78, 5) is 10.2. The van der Waals surface area contributed by atoms with Crippen LogP contribution in [0.1, 0.15) is 37.6 Å². The highest BCUT2D eigenvalue weighted by Gasteiger charge is 2.25. The van der Waals surface area contributed by atoms with E-state index >= 15 is 0 Å². The number of nitrogens with one attached hydrogen (secondary N) is 2. The Morgan fingerprint density at radius 3 is 3.29 bits per heavy atom. The van der Waals surface area contributed by atoms with Crippen LogP contribution in [-0.4, -0.2) is 40.0 Å². The first kappa shape index (κ1) is 11.2. The van der Waals surface area contributed by atoms with Crippen LogP contribution < -0.4 is 5.32 Å². The third kappa shape index (κ3) is 2.38. The summed E-state index contributed by atoms with van der Waals surface area (Å²) >= 11 is 0. The van der Waals surface area contributed by atoms with Crippen molar-refractivity contribution in [2.24, 2.45) is 0 Å². The molecule has 2 N–H and O–H groups in total. The molecule has 1 aromatic rings. The molecule has 0 amide bonds. The summed E-state index contributed by atoms with van der Waals surface area (Å²) in [7, 11) is 0. The van der Waals surface area contributed by atoms with E-state index in [9.17, 15) is 0 Å². The molecule has 2 unspecified atom stereocenters. The van der Waals surface area contributed by atoms with Gasteiger partial charge in [0.15, 0.2) is 0 Å². The van der Waals surface area contributed by atoms with Crippen LogP contribution >= 0.6 is 0 Å². The molecular formula is C13H22N4. The summed E-state index contributed by atoms with van der Waals surface area (Å²) in [5.41, 5.74) is 2.53. The van der Waals surface area contributed by atoms with Gasteiger partial charge in [-0.05, 0) is 26.3 Å². The maximum absolute atomic E-state index is 4.41. The van der Waals surface area contributed by atoms with Crippen LogP contribution in [-0.2, 0) is 13.0 Å². The first-order chi connectivity index (χ1) is 8.33. The number of fused-ring (bicyclic) bond motifs is 1. The fourth-order valence-corrected chi connectivity index (χ4v) is 3.07. The highest BCUT2D eigenvalue weighted by atomic mass is 15.2. The van der Waals surface area contributed by atoms with E-state index in [1.165, 1.54) is 43.7 Å². The van der Waals surface area contributed by atoms with Gasteiger partial charge in [0, 0.05) is 31.6 Å². The predicted molar refractivity (Wildman–Crippen MR) is 67.8 cm³/mol. The van der Waals surface area contributed by atoms with Gasteiger partial charge in [-0.3, -0.25) is 4.90 Å². The normalized spacial score (nSPS) is 30.2. The Bertz CT molecular complexity index is 373. The van der Waals surface area contributed by atoms with E-state index in [1.807, 2.05) is 6.33 Å². The number of hydrogen-bond donors (Lipinski definition) is 2. The van der Waals surface area contributed by atoms with Crippen LogP contribution in [0.3, 0.4) is 0 Å². The highest BCUT2D eigenvalue weighted by molar-refractivity contribution is 5.16. The number of nitrogens with zero attached hydrogens (tertiary/aromatic N) is 2. The number of aromatic nitrogens is 2. The minimum atomic E-state index is 0.575. The van der Waals surface area contributed by atoms with E-state index in [0.29, 0.717) is 6.04 Å². The Balaban J connectivity index is 1.60. The molecule has 2 aliphatic heterocycles. The molecule has 4 nitrogen and oxygen atoms in total. The Hall–Kier alpha value is -0.870. The molecule has 0 saturated carbocycles. The lowest BCUT2D eigenvalue weighted by molar-refractivity contribution is 0.141. The van der Waals surface area contributed by atoms with E-state index in [4.69, 9.17) is 0 Å². The van der Waals surface area contributed by atoms with Crippen molar-refractivity contribution < 1.29 is 0 Å². The van der Waals surface area contributed by atoms with Crippen molar-refractivity contribution in [3.05, 3.63) is 17.7 Å². The van der Waals surface area contributed by atoms with Gasteiger partial charge in [-0.2, -0.15) is 0 Å². The molecule has 0 aliphatic carbocycles. The lowest BCUT2D eigenvalue weighted by atomic mass is 10.00. The predicted octanol–water partition coefficient (Wildman–Crippen LogP) is 1.30. The van der Waals surface area contributed by atoms with Gasteiger partial charge in [0.05, 0.1) is 17.7 Å². The molecule has 0 radical (unpaired) electrons. The number of imidazole rings is 1. The summed E-state index contributed by atoms with van der Waals surface area (Å²) < 4.78 is 0. The lowest BCUT2D eigenvalue weighted by Gasteiger charge is -2.37. The second-order valence-corrected chi connectivity index (χ2v) is 5.45. The van der Waals surface area contributed by atoms with E-state index in [1.54, 1.807) is 0 Å². The fraction of sp³-hybridized carbons (Fsp3) is 0.769. The molecule has 0 aromatic carbocycles. The third-order valence-corrected chi connectivity index (χ3v) is 4.21. The highest BCUT2D eigenvalue weighted by Crippen LogP contribution is 2.19. The van der Waals surface area contributed by atoms with Gasteiger partial charge in [-0.1, -0.05) is 6.42 Å². The Labute approximate surface area is 103 Å². The summed E-state index contributed by atoms with van der Waals surface area (Å²) in [5.74, 6) is 0. The van der Waals surface area contributed by atoms with Gasteiger partial charge < -0.3 is 10.3 Å². The van der Waals surface area contributed by atoms with Crippen molar-refractivity contribution in [2.75, 3.05) is 13.1 Å². The Morgan fingerprint density at radius 2 is 2.41 bits per heavy atom. The van der Waals surface area contributed by atoms with E-state index < -0.39 is 0 Å². The van der Waals surface area contributed by atoms with Crippen LogP contribution in [0.2, 0.25) is 0 Å².